The van der Waals surface area contributed by atoms with Crippen LogP contribution in [0.2, 0.25) is 0 Å². The zero-order valence-electron chi connectivity index (χ0n) is 11.5. The smallest absolute Gasteiger partial charge is 0.246 e. The van der Waals surface area contributed by atoms with E-state index in [1.54, 1.807) is 20.0 Å². The van der Waals surface area contributed by atoms with Crippen molar-refractivity contribution in [2.24, 2.45) is 0 Å². The van der Waals surface area contributed by atoms with Crippen LogP contribution in [0.1, 0.15) is 6.92 Å². The summed E-state index contributed by atoms with van der Waals surface area (Å²) in [5.41, 5.74) is 0.500. The minimum absolute atomic E-state index is 0.133. The Hall–Kier alpha value is -1.22. The number of nitrogens with one attached hydrogen (secondary N) is 1. The highest BCUT2D eigenvalue weighted by Crippen LogP contribution is 2.25. The van der Waals surface area contributed by atoms with E-state index in [4.69, 9.17) is 4.74 Å². The molecule has 1 aliphatic rings. The van der Waals surface area contributed by atoms with E-state index in [1.165, 1.54) is 16.7 Å². The molecule has 2 unspecified atom stereocenters. The number of pyridine rings is 1. The minimum Gasteiger partial charge on any atom is -0.394 e. The number of ether oxygens (including phenoxy) is 1. The van der Waals surface area contributed by atoms with Crippen LogP contribution < -0.4 is 5.32 Å². The van der Waals surface area contributed by atoms with Crippen molar-refractivity contribution in [3.63, 3.8) is 0 Å². The summed E-state index contributed by atoms with van der Waals surface area (Å²) in [5.74, 6) is 0. The molecule has 0 aromatic carbocycles. The van der Waals surface area contributed by atoms with Gasteiger partial charge in [0.15, 0.2) is 0 Å². The van der Waals surface area contributed by atoms with Gasteiger partial charge in [0.2, 0.25) is 10.0 Å². The Kier molecular flexibility index (Phi) is 4.59. The summed E-state index contributed by atoms with van der Waals surface area (Å²) >= 11 is 0. The number of aliphatic hydroxyl groups excluding tert-OH is 1. The molecule has 112 valence electrons. The largest absolute Gasteiger partial charge is 0.394 e. The molecule has 0 amide bonds. The molecule has 0 aliphatic carbocycles. The molecule has 2 N–H and O–H groups in total. The Morgan fingerprint density at radius 3 is 2.95 bits per heavy atom. The molecule has 0 spiro atoms. The molecule has 0 saturated carbocycles. The number of morpholine rings is 1. The predicted octanol–water partition coefficient (Wildman–Crippen LogP) is -0.106. The topological polar surface area (TPSA) is 91.8 Å². The van der Waals surface area contributed by atoms with Crippen LogP contribution in [-0.2, 0) is 14.8 Å². The van der Waals surface area contributed by atoms with E-state index in [0.29, 0.717) is 5.69 Å². The molecule has 8 heteroatoms. The monoisotopic (exact) mass is 301 g/mol. The van der Waals surface area contributed by atoms with Gasteiger partial charge in [0.1, 0.15) is 4.90 Å². The molecule has 2 atom stereocenters. The van der Waals surface area contributed by atoms with Crippen LogP contribution in [0.5, 0.6) is 0 Å². The van der Waals surface area contributed by atoms with Crippen LogP contribution in [-0.4, -0.2) is 61.8 Å². The van der Waals surface area contributed by atoms with Crippen molar-refractivity contribution in [2.75, 3.05) is 32.1 Å². The number of aliphatic hydroxyl groups is 1. The molecule has 0 radical (unpaired) electrons. The summed E-state index contributed by atoms with van der Waals surface area (Å²) in [6.45, 7) is 1.98. The fraction of sp³-hybridized carbons (Fsp3) is 0.583. The van der Waals surface area contributed by atoms with Crippen LogP contribution in [0.4, 0.5) is 5.69 Å². The van der Waals surface area contributed by atoms with Gasteiger partial charge in [-0.2, -0.15) is 4.31 Å². The molecule has 1 aliphatic heterocycles. The summed E-state index contributed by atoms with van der Waals surface area (Å²) in [5, 5.41) is 12.0. The molecule has 1 fully saturated rings. The van der Waals surface area contributed by atoms with Gasteiger partial charge in [0.25, 0.3) is 0 Å². The standard InChI is InChI=1S/C12H19N3O4S/c1-9-6-15(7-10(8-16)19-9)20(17,18)12-5-14-4-3-11(12)13-2/h3-5,9-10,16H,6-8H2,1-2H3,(H,13,14). The van der Waals surface area contributed by atoms with Crippen LogP contribution in [0.15, 0.2) is 23.4 Å². The predicted molar refractivity (Wildman–Crippen MR) is 74.0 cm³/mol. The van der Waals surface area contributed by atoms with Gasteiger partial charge in [-0.25, -0.2) is 8.42 Å². The zero-order valence-corrected chi connectivity index (χ0v) is 12.3. The van der Waals surface area contributed by atoms with Crippen molar-refractivity contribution < 1.29 is 18.3 Å². The molecular weight excluding hydrogens is 282 g/mol. The lowest BCUT2D eigenvalue weighted by atomic mass is 10.2. The lowest BCUT2D eigenvalue weighted by Gasteiger charge is -2.35. The molecule has 1 saturated heterocycles. The van der Waals surface area contributed by atoms with Crippen LogP contribution in [0.3, 0.4) is 0 Å². The van der Waals surface area contributed by atoms with Crippen LogP contribution in [0.25, 0.3) is 0 Å². The lowest BCUT2D eigenvalue weighted by molar-refractivity contribution is -0.0750. The van der Waals surface area contributed by atoms with Crippen molar-refractivity contribution in [3.05, 3.63) is 18.5 Å². The molecule has 2 rings (SSSR count). The summed E-state index contributed by atoms with van der Waals surface area (Å²) in [6, 6.07) is 1.61. The van der Waals surface area contributed by atoms with E-state index in [9.17, 15) is 13.5 Å². The van der Waals surface area contributed by atoms with Gasteiger partial charge in [0.05, 0.1) is 24.5 Å². The van der Waals surface area contributed by atoms with Gasteiger partial charge >= 0.3 is 0 Å². The Morgan fingerprint density at radius 2 is 2.30 bits per heavy atom. The van der Waals surface area contributed by atoms with E-state index < -0.39 is 16.1 Å². The van der Waals surface area contributed by atoms with E-state index in [0.717, 1.165) is 0 Å². The second kappa shape index (κ2) is 6.04. The maximum absolute atomic E-state index is 12.7. The van der Waals surface area contributed by atoms with Gasteiger partial charge in [-0.05, 0) is 13.0 Å². The van der Waals surface area contributed by atoms with Gasteiger partial charge in [-0.3, -0.25) is 4.98 Å². The summed E-state index contributed by atoms with van der Waals surface area (Å²) in [7, 11) is -2.00. The Morgan fingerprint density at radius 1 is 1.55 bits per heavy atom. The lowest BCUT2D eigenvalue weighted by Crippen LogP contribution is -2.50. The minimum atomic E-state index is -3.66. The maximum atomic E-state index is 12.7. The number of hydrogen-bond acceptors (Lipinski definition) is 6. The summed E-state index contributed by atoms with van der Waals surface area (Å²) in [4.78, 5) is 4.02. The SMILES string of the molecule is CNc1ccncc1S(=O)(=O)N1CC(C)OC(CO)C1. The summed E-state index contributed by atoms with van der Waals surface area (Å²) in [6.07, 6.45) is 2.10. The van der Waals surface area contributed by atoms with Crippen LogP contribution >= 0.6 is 0 Å². The Labute approximate surface area is 118 Å². The Balaban J connectivity index is 2.34. The fourth-order valence-corrected chi connectivity index (χ4v) is 3.92. The van der Waals surface area contributed by atoms with Gasteiger partial charge < -0.3 is 15.2 Å². The molecule has 1 aromatic rings. The first kappa shape index (κ1) is 15.2. The number of sulfonamides is 1. The van der Waals surface area contributed by atoms with Gasteiger partial charge in [-0.1, -0.05) is 0 Å². The third kappa shape index (κ3) is 2.93. The molecule has 7 nitrogen and oxygen atoms in total. The number of rotatable bonds is 4. The maximum Gasteiger partial charge on any atom is 0.246 e. The highest BCUT2D eigenvalue weighted by atomic mass is 32.2. The van der Waals surface area contributed by atoms with E-state index in [2.05, 4.69) is 10.3 Å². The number of anilines is 1. The van der Waals surface area contributed by atoms with Crippen molar-refractivity contribution in [1.29, 1.82) is 0 Å². The van der Waals surface area contributed by atoms with E-state index in [-0.39, 0.29) is 30.7 Å². The first-order valence-corrected chi connectivity index (χ1v) is 7.81. The van der Waals surface area contributed by atoms with E-state index in [1.807, 2.05) is 0 Å². The van der Waals surface area contributed by atoms with Crippen molar-refractivity contribution in [3.8, 4) is 0 Å². The van der Waals surface area contributed by atoms with Gasteiger partial charge in [0, 0.05) is 32.5 Å². The number of aromatic nitrogens is 1. The number of hydrogen-bond donors (Lipinski definition) is 2. The molecule has 20 heavy (non-hydrogen) atoms. The van der Waals surface area contributed by atoms with Crippen LogP contribution in [0, 0.1) is 0 Å². The molecular formula is C12H19N3O4S. The van der Waals surface area contributed by atoms with Crippen molar-refractivity contribution >= 4 is 15.7 Å². The highest BCUT2D eigenvalue weighted by Gasteiger charge is 2.34. The van der Waals surface area contributed by atoms with Gasteiger partial charge in [-0.15, -0.1) is 0 Å². The third-order valence-electron chi connectivity index (χ3n) is 3.17. The fourth-order valence-electron chi connectivity index (χ4n) is 2.23. The number of nitrogens with zero attached hydrogens (tertiary/aromatic N) is 2. The average molecular weight is 301 g/mol. The normalized spacial score (nSPS) is 24.6. The van der Waals surface area contributed by atoms with Crippen molar-refractivity contribution in [2.45, 2.75) is 24.0 Å². The Bertz CT molecular complexity index is 564. The van der Waals surface area contributed by atoms with E-state index >= 15 is 0 Å². The second-order valence-electron chi connectivity index (χ2n) is 4.70. The third-order valence-corrected chi connectivity index (χ3v) is 5.03. The molecule has 1 aromatic heterocycles. The first-order valence-electron chi connectivity index (χ1n) is 6.37. The van der Waals surface area contributed by atoms with Crippen molar-refractivity contribution in [1.82, 2.24) is 9.29 Å². The average Bonchev–Trinajstić information content (AvgIpc) is 2.46. The summed E-state index contributed by atoms with van der Waals surface area (Å²) < 4.78 is 32.2. The quantitative estimate of drug-likeness (QED) is 0.806. The molecule has 0 bridgehead atoms. The molecule has 2 heterocycles. The first-order chi connectivity index (χ1) is 9.48. The second-order valence-corrected chi connectivity index (χ2v) is 6.60. The zero-order chi connectivity index (χ0) is 14.8. The highest BCUT2D eigenvalue weighted by molar-refractivity contribution is 7.89.